The molecule has 0 atom stereocenters. The lowest BCUT2D eigenvalue weighted by atomic mass is 10.1. The minimum atomic E-state index is -0.331. The van der Waals surface area contributed by atoms with Gasteiger partial charge >= 0.3 is 0 Å². The van der Waals surface area contributed by atoms with Gasteiger partial charge in [-0.3, -0.25) is 9.59 Å². The molecule has 2 N–H and O–H groups in total. The molecule has 0 bridgehead atoms. The summed E-state index contributed by atoms with van der Waals surface area (Å²) in [5.74, 6) is 0.108. The number of amides is 2. The van der Waals surface area contributed by atoms with E-state index >= 15 is 0 Å². The van der Waals surface area contributed by atoms with Crippen LogP contribution in [0.5, 0.6) is 5.75 Å². The molecule has 21 heavy (non-hydrogen) atoms. The second-order valence-electron chi connectivity index (χ2n) is 4.37. The molecule has 1 aromatic rings. The Bertz CT molecular complexity index is 463. The van der Waals surface area contributed by atoms with E-state index in [4.69, 9.17) is 9.47 Å². The van der Waals surface area contributed by atoms with Crippen LogP contribution >= 0.6 is 0 Å². The van der Waals surface area contributed by atoms with Gasteiger partial charge in [-0.15, -0.1) is 0 Å². The molecule has 2 amide bonds. The van der Waals surface area contributed by atoms with Crippen molar-refractivity contribution >= 4 is 11.8 Å². The number of carbonyl (C=O) groups excluding carboxylic acids is 2. The quantitative estimate of drug-likeness (QED) is 0.651. The molecule has 0 saturated carbocycles. The van der Waals surface area contributed by atoms with E-state index in [-0.39, 0.29) is 25.0 Å². The first-order valence-corrected chi connectivity index (χ1v) is 6.90. The fourth-order valence-corrected chi connectivity index (χ4v) is 1.66. The van der Waals surface area contributed by atoms with Crippen molar-refractivity contribution < 1.29 is 19.1 Å². The minimum Gasteiger partial charge on any atom is -0.483 e. The van der Waals surface area contributed by atoms with Gasteiger partial charge in [0.25, 0.3) is 5.91 Å². The number of benzene rings is 1. The third-order valence-corrected chi connectivity index (χ3v) is 2.79. The summed E-state index contributed by atoms with van der Waals surface area (Å²) in [6, 6.07) is 7.56. The Labute approximate surface area is 124 Å². The standard InChI is InChI=1S/C15H22N2O4/c1-3-12-6-4-5-7-13(12)21-11-15(19)17-10-14(18)16-8-9-20-2/h4-7H,3,8-11H2,1-2H3,(H,16,18)(H,17,19). The second kappa shape index (κ2) is 9.77. The Morgan fingerprint density at radius 1 is 1.14 bits per heavy atom. The average molecular weight is 294 g/mol. The van der Waals surface area contributed by atoms with Crippen molar-refractivity contribution in [2.24, 2.45) is 0 Å². The molecule has 0 heterocycles. The minimum absolute atomic E-state index is 0.0681. The predicted molar refractivity (Wildman–Crippen MR) is 79.2 cm³/mol. The highest BCUT2D eigenvalue weighted by Gasteiger charge is 2.07. The van der Waals surface area contributed by atoms with Crippen molar-refractivity contribution in [3.05, 3.63) is 29.8 Å². The highest BCUT2D eigenvalue weighted by atomic mass is 16.5. The summed E-state index contributed by atoms with van der Waals surface area (Å²) in [4.78, 5) is 23.0. The number of rotatable bonds is 9. The Hall–Kier alpha value is -2.08. The number of para-hydroxylation sites is 1. The number of carbonyl (C=O) groups is 2. The number of nitrogens with one attached hydrogen (secondary N) is 2. The summed E-state index contributed by atoms with van der Waals surface area (Å²) in [5, 5.41) is 5.11. The molecule has 6 heteroatoms. The van der Waals surface area contributed by atoms with Gasteiger partial charge in [0, 0.05) is 13.7 Å². The molecule has 0 aliphatic heterocycles. The normalized spacial score (nSPS) is 10.0. The van der Waals surface area contributed by atoms with Crippen LogP contribution in [0, 0.1) is 0 Å². The number of hydrogen-bond acceptors (Lipinski definition) is 4. The molecule has 0 aliphatic carbocycles. The summed E-state index contributed by atoms with van der Waals surface area (Å²) in [7, 11) is 1.55. The Morgan fingerprint density at radius 2 is 1.90 bits per heavy atom. The molecule has 0 saturated heterocycles. The van der Waals surface area contributed by atoms with Gasteiger partial charge in [-0.05, 0) is 18.1 Å². The molecule has 0 radical (unpaired) electrons. The second-order valence-corrected chi connectivity index (χ2v) is 4.37. The van der Waals surface area contributed by atoms with Gasteiger partial charge in [-0.25, -0.2) is 0 Å². The van der Waals surface area contributed by atoms with E-state index in [1.807, 2.05) is 31.2 Å². The van der Waals surface area contributed by atoms with Gasteiger partial charge in [0.1, 0.15) is 5.75 Å². The van der Waals surface area contributed by atoms with E-state index < -0.39 is 0 Å². The largest absolute Gasteiger partial charge is 0.483 e. The third-order valence-electron chi connectivity index (χ3n) is 2.79. The van der Waals surface area contributed by atoms with Crippen LogP contribution in [0.2, 0.25) is 0 Å². The number of hydrogen-bond donors (Lipinski definition) is 2. The lowest BCUT2D eigenvalue weighted by molar-refractivity contribution is -0.127. The lowest BCUT2D eigenvalue weighted by Gasteiger charge is -2.10. The zero-order chi connectivity index (χ0) is 15.5. The van der Waals surface area contributed by atoms with Crippen molar-refractivity contribution in [3.8, 4) is 5.75 Å². The van der Waals surface area contributed by atoms with E-state index in [9.17, 15) is 9.59 Å². The Morgan fingerprint density at radius 3 is 2.62 bits per heavy atom. The molecule has 0 aromatic heterocycles. The van der Waals surface area contributed by atoms with Crippen molar-refractivity contribution in [1.82, 2.24) is 10.6 Å². The van der Waals surface area contributed by atoms with Crippen molar-refractivity contribution in [2.45, 2.75) is 13.3 Å². The number of ether oxygens (including phenoxy) is 2. The van der Waals surface area contributed by atoms with Gasteiger partial charge in [0.15, 0.2) is 6.61 Å². The monoisotopic (exact) mass is 294 g/mol. The van der Waals surface area contributed by atoms with Gasteiger partial charge in [0.05, 0.1) is 13.2 Å². The molecule has 116 valence electrons. The van der Waals surface area contributed by atoms with Crippen molar-refractivity contribution in [1.29, 1.82) is 0 Å². The first kappa shape index (κ1) is 17.0. The zero-order valence-corrected chi connectivity index (χ0v) is 12.5. The van der Waals surface area contributed by atoms with E-state index in [1.165, 1.54) is 0 Å². The van der Waals surface area contributed by atoms with Gasteiger partial charge < -0.3 is 20.1 Å². The number of methoxy groups -OCH3 is 1. The van der Waals surface area contributed by atoms with Crippen LogP contribution < -0.4 is 15.4 Å². The van der Waals surface area contributed by atoms with E-state index in [0.717, 1.165) is 12.0 Å². The maximum absolute atomic E-state index is 11.6. The number of aryl methyl sites for hydroxylation is 1. The summed E-state index contributed by atoms with van der Waals surface area (Å²) in [6.07, 6.45) is 0.833. The van der Waals surface area contributed by atoms with Crippen LogP contribution in [0.15, 0.2) is 24.3 Å². The van der Waals surface area contributed by atoms with Crippen LogP contribution in [-0.2, 0) is 20.7 Å². The van der Waals surface area contributed by atoms with Crippen LogP contribution in [0.3, 0.4) is 0 Å². The molecule has 0 spiro atoms. The fraction of sp³-hybridized carbons (Fsp3) is 0.467. The summed E-state index contributed by atoms with van der Waals surface area (Å²) in [6.45, 7) is 2.71. The Kier molecular flexibility index (Phi) is 7.89. The maximum Gasteiger partial charge on any atom is 0.258 e. The first-order valence-electron chi connectivity index (χ1n) is 6.90. The molecule has 6 nitrogen and oxygen atoms in total. The van der Waals surface area contributed by atoms with Crippen LogP contribution in [-0.4, -0.2) is 45.2 Å². The smallest absolute Gasteiger partial charge is 0.258 e. The zero-order valence-electron chi connectivity index (χ0n) is 12.5. The maximum atomic E-state index is 11.6. The fourth-order valence-electron chi connectivity index (χ4n) is 1.66. The van der Waals surface area contributed by atoms with Crippen molar-refractivity contribution in [3.63, 3.8) is 0 Å². The van der Waals surface area contributed by atoms with Gasteiger partial charge in [-0.2, -0.15) is 0 Å². The molecular weight excluding hydrogens is 272 g/mol. The van der Waals surface area contributed by atoms with E-state index in [0.29, 0.717) is 18.9 Å². The predicted octanol–water partition coefficient (Wildman–Crippen LogP) is 0.507. The highest BCUT2D eigenvalue weighted by molar-refractivity contribution is 5.85. The lowest BCUT2D eigenvalue weighted by Crippen LogP contribution is -2.39. The van der Waals surface area contributed by atoms with E-state index in [2.05, 4.69) is 10.6 Å². The molecule has 1 aromatic carbocycles. The topological polar surface area (TPSA) is 76.7 Å². The summed E-state index contributed by atoms with van der Waals surface area (Å²) in [5.41, 5.74) is 1.04. The highest BCUT2D eigenvalue weighted by Crippen LogP contribution is 2.17. The van der Waals surface area contributed by atoms with Crippen molar-refractivity contribution in [2.75, 3.05) is 33.4 Å². The molecule has 0 aliphatic rings. The third kappa shape index (κ3) is 6.76. The summed E-state index contributed by atoms with van der Waals surface area (Å²) >= 11 is 0. The van der Waals surface area contributed by atoms with Crippen LogP contribution in [0.1, 0.15) is 12.5 Å². The molecule has 1 rings (SSSR count). The Balaban J connectivity index is 2.26. The van der Waals surface area contributed by atoms with Gasteiger partial charge in [0.2, 0.25) is 5.91 Å². The molecule has 0 fully saturated rings. The van der Waals surface area contributed by atoms with E-state index in [1.54, 1.807) is 7.11 Å². The van der Waals surface area contributed by atoms with Crippen LogP contribution in [0.4, 0.5) is 0 Å². The first-order chi connectivity index (χ1) is 10.2. The van der Waals surface area contributed by atoms with Gasteiger partial charge in [-0.1, -0.05) is 25.1 Å². The molecule has 0 unspecified atom stereocenters. The SMILES string of the molecule is CCc1ccccc1OCC(=O)NCC(=O)NCCOC. The molecular formula is C15H22N2O4. The summed E-state index contributed by atoms with van der Waals surface area (Å²) < 4.78 is 10.3. The van der Waals surface area contributed by atoms with Crippen LogP contribution in [0.25, 0.3) is 0 Å². The average Bonchev–Trinajstić information content (AvgIpc) is 2.51.